The van der Waals surface area contributed by atoms with Crippen molar-refractivity contribution < 1.29 is 27.1 Å². The van der Waals surface area contributed by atoms with Crippen molar-refractivity contribution in [2.24, 2.45) is 0 Å². The predicted octanol–water partition coefficient (Wildman–Crippen LogP) is 3.77. The van der Waals surface area contributed by atoms with E-state index in [1.54, 1.807) is 17.5 Å². The van der Waals surface area contributed by atoms with E-state index in [2.05, 4.69) is 20.4 Å². The van der Waals surface area contributed by atoms with Crippen LogP contribution in [0.2, 0.25) is 0 Å². The van der Waals surface area contributed by atoms with Gasteiger partial charge in [-0.3, -0.25) is 10.1 Å². The number of hydrogen-bond donors (Lipinski definition) is 2. The van der Waals surface area contributed by atoms with Gasteiger partial charge in [0.25, 0.3) is 5.92 Å². The van der Waals surface area contributed by atoms with Crippen molar-refractivity contribution >= 4 is 34.8 Å². The molecule has 0 saturated carbocycles. The summed E-state index contributed by atoms with van der Waals surface area (Å²) in [5.41, 5.74) is 1.16. The van der Waals surface area contributed by atoms with Gasteiger partial charge in [0.15, 0.2) is 5.13 Å². The molecule has 0 radical (unpaired) electrons. The second-order valence-corrected chi connectivity index (χ2v) is 6.28. The molecule has 1 aromatic heterocycles. The van der Waals surface area contributed by atoms with Gasteiger partial charge < -0.3 is 10.1 Å². The molecule has 1 aliphatic rings. The number of benzene rings is 1. The minimum Gasteiger partial charge on any atom is -0.435 e. The molecule has 0 spiro atoms. The van der Waals surface area contributed by atoms with Crippen LogP contribution >= 0.6 is 23.7 Å². The summed E-state index contributed by atoms with van der Waals surface area (Å²) in [6.07, 6.45) is -0.553. The van der Waals surface area contributed by atoms with Crippen molar-refractivity contribution in [3.8, 4) is 17.0 Å². The molecule has 1 fully saturated rings. The van der Waals surface area contributed by atoms with Crippen molar-refractivity contribution in [1.29, 1.82) is 0 Å². The first-order valence-corrected chi connectivity index (χ1v) is 8.13. The lowest BCUT2D eigenvalue weighted by Gasteiger charge is -2.09. The topological polar surface area (TPSA) is 63.2 Å². The molecule has 1 aromatic carbocycles. The third kappa shape index (κ3) is 5.05. The lowest BCUT2D eigenvalue weighted by molar-refractivity contribution is -0.118. The summed E-state index contributed by atoms with van der Waals surface area (Å²) >= 11 is 1.14. The number of aromatic nitrogens is 1. The summed E-state index contributed by atoms with van der Waals surface area (Å²) in [6.45, 7) is -3.43. The Balaban J connectivity index is 0.00000243. The number of carbonyl (C=O) groups is 1. The highest BCUT2D eigenvalue weighted by Crippen LogP contribution is 2.29. The van der Waals surface area contributed by atoms with Crippen LogP contribution in [0, 0.1) is 0 Å². The van der Waals surface area contributed by atoms with Crippen LogP contribution in [-0.4, -0.2) is 36.0 Å². The zero-order valence-corrected chi connectivity index (χ0v) is 14.7. The lowest BCUT2D eigenvalue weighted by atomic mass is 10.2. The van der Waals surface area contributed by atoms with Crippen LogP contribution in [0.4, 0.5) is 22.7 Å². The molecular weight excluding hydrogens is 398 g/mol. The fraction of sp³-hybridized carbons (Fsp3) is 0.333. The average molecular weight is 412 g/mol. The maximum absolute atomic E-state index is 13.1. The number of alkyl halides is 4. The van der Waals surface area contributed by atoms with E-state index in [1.807, 2.05) is 0 Å². The van der Waals surface area contributed by atoms with E-state index < -0.39 is 37.4 Å². The highest BCUT2D eigenvalue weighted by atomic mass is 35.5. The number of hydrogen-bond acceptors (Lipinski definition) is 5. The quantitative estimate of drug-likeness (QED) is 0.735. The molecule has 1 aliphatic heterocycles. The maximum Gasteiger partial charge on any atom is 0.387 e. The third-order valence-corrected chi connectivity index (χ3v) is 4.29. The Labute approximate surface area is 156 Å². The Kier molecular flexibility index (Phi) is 6.43. The smallest absolute Gasteiger partial charge is 0.387 e. The van der Waals surface area contributed by atoms with Crippen LogP contribution in [0.3, 0.4) is 0 Å². The van der Waals surface area contributed by atoms with Crippen molar-refractivity contribution in [3.63, 3.8) is 0 Å². The number of thiazole rings is 1. The molecule has 26 heavy (non-hydrogen) atoms. The molecule has 5 nitrogen and oxygen atoms in total. The molecule has 2 heterocycles. The summed E-state index contributed by atoms with van der Waals surface area (Å²) in [4.78, 5) is 16.2. The van der Waals surface area contributed by atoms with Crippen molar-refractivity contribution in [2.45, 2.75) is 25.0 Å². The Hall–Kier alpha value is -1.91. The van der Waals surface area contributed by atoms with Gasteiger partial charge in [0.05, 0.1) is 18.3 Å². The number of rotatable bonds is 5. The largest absolute Gasteiger partial charge is 0.435 e. The van der Waals surface area contributed by atoms with Crippen LogP contribution in [0.5, 0.6) is 5.75 Å². The van der Waals surface area contributed by atoms with Crippen LogP contribution < -0.4 is 15.4 Å². The lowest BCUT2D eigenvalue weighted by Crippen LogP contribution is -2.35. The van der Waals surface area contributed by atoms with Gasteiger partial charge in [-0.1, -0.05) is 0 Å². The molecule has 0 bridgehead atoms. The van der Waals surface area contributed by atoms with Crippen molar-refractivity contribution in [3.05, 3.63) is 29.6 Å². The molecular formula is C15H14ClF4N3O2S. The Morgan fingerprint density at radius 2 is 2.04 bits per heavy atom. The summed E-state index contributed by atoms with van der Waals surface area (Å²) in [7, 11) is 0. The Morgan fingerprint density at radius 1 is 1.35 bits per heavy atom. The first-order chi connectivity index (χ1) is 11.8. The summed E-state index contributed by atoms with van der Waals surface area (Å²) < 4.78 is 54.7. The van der Waals surface area contributed by atoms with E-state index in [1.165, 1.54) is 12.1 Å². The molecule has 142 valence electrons. The second-order valence-electron chi connectivity index (χ2n) is 5.42. The molecule has 2 N–H and O–H groups in total. The van der Waals surface area contributed by atoms with Gasteiger partial charge in [-0.2, -0.15) is 8.78 Å². The minimum atomic E-state index is -2.90. The summed E-state index contributed by atoms with van der Waals surface area (Å²) in [6, 6.07) is 4.90. The molecule has 2 aromatic rings. The normalized spacial score (nSPS) is 18.4. The van der Waals surface area contributed by atoms with Gasteiger partial charge in [0.2, 0.25) is 5.91 Å². The molecule has 1 unspecified atom stereocenters. The zero-order valence-electron chi connectivity index (χ0n) is 13.0. The molecule has 3 rings (SSSR count). The summed E-state index contributed by atoms with van der Waals surface area (Å²) in [5, 5.41) is 6.90. The van der Waals surface area contributed by atoms with E-state index in [4.69, 9.17) is 0 Å². The molecule has 1 atom stereocenters. The van der Waals surface area contributed by atoms with E-state index >= 15 is 0 Å². The molecule has 1 amide bonds. The maximum atomic E-state index is 13.1. The van der Waals surface area contributed by atoms with E-state index in [0.29, 0.717) is 11.3 Å². The first-order valence-electron chi connectivity index (χ1n) is 7.25. The molecule has 11 heteroatoms. The van der Waals surface area contributed by atoms with Gasteiger partial charge in [-0.25, -0.2) is 13.8 Å². The van der Waals surface area contributed by atoms with E-state index in [9.17, 15) is 22.4 Å². The minimum absolute atomic E-state index is 0. The average Bonchev–Trinajstić information content (AvgIpc) is 3.14. The first kappa shape index (κ1) is 20.4. The van der Waals surface area contributed by atoms with Crippen LogP contribution in [0.25, 0.3) is 11.3 Å². The van der Waals surface area contributed by atoms with Crippen LogP contribution in [0.1, 0.15) is 6.42 Å². The van der Waals surface area contributed by atoms with E-state index in [0.717, 1.165) is 11.3 Å². The Bertz CT molecular complexity index is 758. The Morgan fingerprint density at radius 3 is 2.62 bits per heavy atom. The van der Waals surface area contributed by atoms with Crippen molar-refractivity contribution in [1.82, 2.24) is 10.3 Å². The van der Waals surface area contributed by atoms with Gasteiger partial charge >= 0.3 is 6.61 Å². The predicted molar refractivity (Wildman–Crippen MR) is 91.4 cm³/mol. The number of anilines is 1. The monoisotopic (exact) mass is 411 g/mol. The number of halogens is 5. The van der Waals surface area contributed by atoms with Crippen LogP contribution in [-0.2, 0) is 4.79 Å². The van der Waals surface area contributed by atoms with Crippen molar-refractivity contribution in [2.75, 3.05) is 11.9 Å². The van der Waals surface area contributed by atoms with E-state index in [-0.39, 0.29) is 23.3 Å². The van der Waals surface area contributed by atoms with Gasteiger partial charge in [0.1, 0.15) is 5.75 Å². The summed E-state index contributed by atoms with van der Waals surface area (Å²) in [5.74, 6) is -3.44. The molecule has 1 saturated heterocycles. The standard InChI is InChI=1S/C15H13F4N3O2S.ClH/c16-13(17)24-9-3-1-8(2-4-9)11-6-25-14(21-11)22-12(23)10-5-15(18,19)7-20-10;/h1-4,6,10,13,20H,5,7H2,(H,21,22,23);1H. The molecule has 0 aliphatic carbocycles. The highest BCUT2D eigenvalue weighted by Gasteiger charge is 2.42. The third-order valence-electron chi connectivity index (χ3n) is 3.54. The number of ether oxygens (including phenoxy) is 1. The SMILES string of the molecule is Cl.O=C(Nc1nc(-c2ccc(OC(F)F)cc2)cs1)C1CC(F)(F)CN1. The number of amides is 1. The second kappa shape index (κ2) is 8.19. The highest BCUT2D eigenvalue weighted by molar-refractivity contribution is 7.14. The van der Waals surface area contributed by atoms with Gasteiger partial charge in [-0.15, -0.1) is 23.7 Å². The number of carbonyl (C=O) groups excluding carboxylic acids is 1. The van der Waals surface area contributed by atoms with Crippen LogP contribution in [0.15, 0.2) is 29.6 Å². The number of nitrogens with one attached hydrogen (secondary N) is 2. The number of nitrogens with zero attached hydrogens (tertiary/aromatic N) is 1. The fourth-order valence-corrected chi connectivity index (χ4v) is 3.09. The van der Waals surface area contributed by atoms with Gasteiger partial charge in [-0.05, 0) is 24.3 Å². The fourth-order valence-electron chi connectivity index (χ4n) is 2.36. The zero-order chi connectivity index (χ0) is 18.0. The van der Waals surface area contributed by atoms with Gasteiger partial charge in [0, 0.05) is 17.4 Å².